The standard InChI is InChI=1S/C19H22N2O4/c22-16-6-7-17(18(23)12-16)15-8-10-21(11-9-15)25-19(24)20-13-14-4-2-1-3-5-14/h1-7,12,15,22-23H,8-11,13H2,(H,20,24). The molecule has 1 fully saturated rings. The van der Waals surface area contributed by atoms with E-state index in [0.29, 0.717) is 19.6 Å². The van der Waals surface area contributed by atoms with Crippen LogP contribution in [-0.2, 0) is 11.4 Å². The average Bonchev–Trinajstić information content (AvgIpc) is 2.62. The number of rotatable bonds is 4. The minimum Gasteiger partial charge on any atom is -0.508 e. The van der Waals surface area contributed by atoms with Gasteiger partial charge in [0.1, 0.15) is 11.5 Å². The summed E-state index contributed by atoms with van der Waals surface area (Å²) in [6.45, 7) is 1.63. The number of phenols is 2. The zero-order valence-electron chi connectivity index (χ0n) is 13.9. The van der Waals surface area contributed by atoms with Crippen molar-refractivity contribution in [1.29, 1.82) is 0 Å². The van der Waals surface area contributed by atoms with Gasteiger partial charge in [-0.25, -0.2) is 4.79 Å². The lowest BCUT2D eigenvalue weighted by Crippen LogP contribution is -2.38. The smallest absolute Gasteiger partial charge is 0.426 e. The van der Waals surface area contributed by atoms with Gasteiger partial charge in [-0.05, 0) is 36.0 Å². The molecular formula is C19H22N2O4. The first kappa shape index (κ1) is 17.1. The molecule has 1 aliphatic heterocycles. The predicted octanol–water partition coefficient (Wildman–Crippen LogP) is 3.12. The van der Waals surface area contributed by atoms with Gasteiger partial charge < -0.3 is 20.4 Å². The van der Waals surface area contributed by atoms with Crippen LogP contribution in [0.25, 0.3) is 0 Å². The third-order valence-corrected chi connectivity index (χ3v) is 4.40. The van der Waals surface area contributed by atoms with Crippen molar-refractivity contribution in [2.75, 3.05) is 13.1 Å². The quantitative estimate of drug-likeness (QED) is 0.795. The average molecular weight is 342 g/mol. The summed E-state index contributed by atoms with van der Waals surface area (Å²) in [4.78, 5) is 17.2. The highest BCUT2D eigenvalue weighted by Gasteiger charge is 2.25. The number of nitrogens with one attached hydrogen (secondary N) is 1. The first-order valence-corrected chi connectivity index (χ1v) is 8.38. The van der Waals surface area contributed by atoms with E-state index in [2.05, 4.69) is 5.32 Å². The van der Waals surface area contributed by atoms with Gasteiger partial charge in [0, 0.05) is 25.7 Å². The van der Waals surface area contributed by atoms with Crippen LogP contribution < -0.4 is 5.32 Å². The number of piperidine rings is 1. The van der Waals surface area contributed by atoms with Crippen molar-refractivity contribution in [2.45, 2.75) is 25.3 Å². The first-order chi connectivity index (χ1) is 12.1. The Balaban J connectivity index is 1.45. The van der Waals surface area contributed by atoms with Gasteiger partial charge in [0.05, 0.1) is 0 Å². The van der Waals surface area contributed by atoms with Gasteiger partial charge in [0.15, 0.2) is 0 Å². The van der Waals surface area contributed by atoms with E-state index in [9.17, 15) is 15.0 Å². The predicted molar refractivity (Wildman–Crippen MR) is 93.1 cm³/mol. The molecule has 1 heterocycles. The minimum absolute atomic E-state index is 0.0529. The molecule has 0 spiro atoms. The number of amides is 1. The Labute approximate surface area is 146 Å². The van der Waals surface area contributed by atoms with Crippen molar-refractivity contribution in [3.05, 3.63) is 59.7 Å². The van der Waals surface area contributed by atoms with Gasteiger partial charge in [-0.15, -0.1) is 5.06 Å². The second-order valence-electron chi connectivity index (χ2n) is 6.16. The van der Waals surface area contributed by atoms with Crippen LogP contribution in [0.4, 0.5) is 4.79 Å². The summed E-state index contributed by atoms with van der Waals surface area (Å²) in [5, 5.41) is 23.7. The normalized spacial score (nSPS) is 15.7. The van der Waals surface area contributed by atoms with E-state index in [-0.39, 0.29) is 17.4 Å². The molecule has 1 saturated heterocycles. The zero-order chi connectivity index (χ0) is 17.6. The Morgan fingerprint density at radius 2 is 1.84 bits per heavy atom. The fourth-order valence-electron chi connectivity index (χ4n) is 3.05. The second-order valence-corrected chi connectivity index (χ2v) is 6.16. The molecule has 0 bridgehead atoms. The summed E-state index contributed by atoms with van der Waals surface area (Å²) in [7, 11) is 0. The summed E-state index contributed by atoms with van der Waals surface area (Å²) < 4.78 is 0. The molecule has 2 aromatic rings. The third-order valence-electron chi connectivity index (χ3n) is 4.40. The number of hydrogen-bond donors (Lipinski definition) is 3. The molecule has 0 unspecified atom stereocenters. The Morgan fingerprint density at radius 3 is 2.52 bits per heavy atom. The molecule has 6 nitrogen and oxygen atoms in total. The Kier molecular flexibility index (Phi) is 5.40. The van der Waals surface area contributed by atoms with Gasteiger partial charge in [0.2, 0.25) is 0 Å². The molecule has 3 rings (SSSR count). The first-order valence-electron chi connectivity index (χ1n) is 8.38. The largest absolute Gasteiger partial charge is 0.508 e. The third kappa shape index (κ3) is 4.64. The van der Waals surface area contributed by atoms with E-state index in [1.165, 1.54) is 6.07 Å². The molecule has 1 amide bonds. The fraction of sp³-hybridized carbons (Fsp3) is 0.316. The van der Waals surface area contributed by atoms with Crippen molar-refractivity contribution >= 4 is 6.09 Å². The molecule has 3 N–H and O–H groups in total. The molecule has 6 heteroatoms. The number of carbonyl (C=O) groups excluding carboxylic acids is 1. The highest BCUT2D eigenvalue weighted by atomic mass is 16.7. The topological polar surface area (TPSA) is 82.0 Å². The van der Waals surface area contributed by atoms with Gasteiger partial charge in [-0.1, -0.05) is 36.4 Å². The molecule has 1 aliphatic rings. The van der Waals surface area contributed by atoms with Crippen molar-refractivity contribution in [3.63, 3.8) is 0 Å². The van der Waals surface area contributed by atoms with E-state index in [1.54, 1.807) is 17.2 Å². The van der Waals surface area contributed by atoms with Crippen LogP contribution in [0.3, 0.4) is 0 Å². The summed E-state index contributed by atoms with van der Waals surface area (Å²) in [6, 6.07) is 14.3. The summed E-state index contributed by atoms with van der Waals surface area (Å²) in [5.41, 5.74) is 1.84. The summed E-state index contributed by atoms with van der Waals surface area (Å²) >= 11 is 0. The molecule has 132 valence electrons. The maximum atomic E-state index is 11.9. The van der Waals surface area contributed by atoms with Gasteiger partial charge in [-0.3, -0.25) is 0 Å². The van der Waals surface area contributed by atoms with E-state index in [4.69, 9.17) is 4.84 Å². The fourth-order valence-corrected chi connectivity index (χ4v) is 3.05. The van der Waals surface area contributed by atoms with E-state index < -0.39 is 6.09 Å². The number of hydroxylamine groups is 2. The number of aromatic hydroxyl groups is 2. The molecule has 25 heavy (non-hydrogen) atoms. The van der Waals surface area contributed by atoms with Crippen LogP contribution in [0.15, 0.2) is 48.5 Å². The SMILES string of the molecule is O=C(NCc1ccccc1)ON1CCC(c2ccc(O)cc2O)CC1. The Hall–Kier alpha value is -2.73. The van der Waals surface area contributed by atoms with E-state index in [1.807, 2.05) is 30.3 Å². The van der Waals surface area contributed by atoms with Crippen LogP contribution in [0.1, 0.15) is 29.9 Å². The van der Waals surface area contributed by atoms with E-state index in [0.717, 1.165) is 24.0 Å². The van der Waals surface area contributed by atoms with Crippen LogP contribution in [0, 0.1) is 0 Å². The molecule has 0 aliphatic carbocycles. The second kappa shape index (κ2) is 7.90. The summed E-state index contributed by atoms with van der Waals surface area (Å²) in [6.07, 6.45) is 1.07. The molecule has 0 aromatic heterocycles. The number of phenolic OH excluding ortho intramolecular Hbond substituents is 2. The molecular weight excluding hydrogens is 320 g/mol. The molecule has 2 aromatic carbocycles. The summed E-state index contributed by atoms with van der Waals surface area (Å²) in [5.74, 6) is 0.352. The molecule has 0 saturated carbocycles. The van der Waals surface area contributed by atoms with Crippen molar-refractivity contribution in [1.82, 2.24) is 10.4 Å². The maximum Gasteiger partial charge on any atom is 0.426 e. The van der Waals surface area contributed by atoms with Gasteiger partial charge >= 0.3 is 6.09 Å². The van der Waals surface area contributed by atoms with Crippen LogP contribution >= 0.6 is 0 Å². The lowest BCUT2D eigenvalue weighted by atomic mass is 9.89. The van der Waals surface area contributed by atoms with Crippen LogP contribution in [0.2, 0.25) is 0 Å². The molecule has 0 radical (unpaired) electrons. The van der Waals surface area contributed by atoms with Crippen molar-refractivity contribution in [2.24, 2.45) is 0 Å². The van der Waals surface area contributed by atoms with Gasteiger partial charge in [0.25, 0.3) is 0 Å². The lowest BCUT2D eigenvalue weighted by molar-refractivity contribution is -0.113. The zero-order valence-corrected chi connectivity index (χ0v) is 13.9. The number of hydrogen-bond acceptors (Lipinski definition) is 5. The van der Waals surface area contributed by atoms with Crippen molar-refractivity contribution in [3.8, 4) is 11.5 Å². The minimum atomic E-state index is -0.463. The monoisotopic (exact) mass is 342 g/mol. The number of nitrogens with zero attached hydrogens (tertiary/aromatic N) is 1. The Bertz CT molecular complexity index is 713. The van der Waals surface area contributed by atoms with Crippen molar-refractivity contribution < 1.29 is 19.8 Å². The van der Waals surface area contributed by atoms with Crippen LogP contribution in [-0.4, -0.2) is 34.5 Å². The van der Waals surface area contributed by atoms with Gasteiger partial charge in [-0.2, -0.15) is 0 Å². The number of carbonyl (C=O) groups is 1. The van der Waals surface area contributed by atoms with Crippen LogP contribution in [0.5, 0.6) is 11.5 Å². The van der Waals surface area contributed by atoms with E-state index >= 15 is 0 Å². The lowest BCUT2D eigenvalue weighted by Gasteiger charge is -2.30. The highest BCUT2D eigenvalue weighted by molar-refractivity contribution is 5.66. The Morgan fingerprint density at radius 1 is 1.12 bits per heavy atom. The highest BCUT2D eigenvalue weighted by Crippen LogP contribution is 2.35. The number of benzene rings is 2. The maximum absolute atomic E-state index is 11.9. The molecule has 0 atom stereocenters.